The van der Waals surface area contributed by atoms with Crippen molar-refractivity contribution in [2.45, 2.75) is 68.3 Å². The van der Waals surface area contributed by atoms with Gasteiger partial charge in [0.05, 0.1) is 10.8 Å². The zero-order valence-corrected chi connectivity index (χ0v) is 14.1. The SMILES string of the molecule is CC[C@@H]1[C@H](c2ccccc2S(=O)(=O)O)C(=O)N1C1CCCCC1. The number of β-lactam (4-membered cyclic amide) rings is 1. The predicted octanol–water partition coefficient (Wildman–Crippen LogP) is 2.97. The van der Waals surface area contributed by atoms with Crippen molar-refractivity contribution in [3.05, 3.63) is 29.8 Å². The molecule has 0 radical (unpaired) electrons. The van der Waals surface area contributed by atoms with Crippen LogP contribution in [-0.2, 0) is 14.9 Å². The molecule has 2 aliphatic rings. The molecule has 1 aliphatic heterocycles. The first-order chi connectivity index (χ1) is 10.9. The summed E-state index contributed by atoms with van der Waals surface area (Å²) in [4.78, 5) is 14.6. The summed E-state index contributed by atoms with van der Waals surface area (Å²) >= 11 is 0. The first kappa shape index (κ1) is 16.5. The molecule has 23 heavy (non-hydrogen) atoms. The maximum Gasteiger partial charge on any atom is 0.294 e. The lowest BCUT2D eigenvalue weighted by molar-refractivity contribution is -0.155. The highest BCUT2D eigenvalue weighted by atomic mass is 32.2. The molecule has 1 saturated heterocycles. The number of amides is 1. The van der Waals surface area contributed by atoms with E-state index in [-0.39, 0.29) is 22.9 Å². The third-order valence-electron chi connectivity index (χ3n) is 5.18. The summed E-state index contributed by atoms with van der Waals surface area (Å²) in [5, 5.41) is 0. The predicted molar refractivity (Wildman–Crippen MR) is 86.8 cm³/mol. The first-order valence-corrected chi connectivity index (χ1v) is 9.77. The molecule has 0 bridgehead atoms. The Hall–Kier alpha value is -1.40. The monoisotopic (exact) mass is 337 g/mol. The van der Waals surface area contributed by atoms with Crippen molar-refractivity contribution in [1.82, 2.24) is 4.90 Å². The molecular weight excluding hydrogens is 314 g/mol. The molecule has 1 amide bonds. The lowest BCUT2D eigenvalue weighted by Gasteiger charge is -2.52. The lowest BCUT2D eigenvalue weighted by Crippen LogP contribution is -2.63. The number of benzene rings is 1. The first-order valence-electron chi connectivity index (χ1n) is 8.33. The van der Waals surface area contributed by atoms with Gasteiger partial charge in [-0.2, -0.15) is 8.42 Å². The molecule has 1 heterocycles. The van der Waals surface area contributed by atoms with Crippen LogP contribution in [0.3, 0.4) is 0 Å². The molecule has 1 saturated carbocycles. The van der Waals surface area contributed by atoms with E-state index in [1.54, 1.807) is 18.2 Å². The van der Waals surface area contributed by atoms with Crippen LogP contribution < -0.4 is 0 Å². The summed E-state index contributed by atoms with van der Waals surface area (Å²) in [5.41, 5.74) is 0.430. The highest BCUT2D eigenvalue weighted by Crippen LogP contribution is 2.43. The highest BCUT2D eigenvalue weighted by Gasteiger charge is 2.50. The molecule has 126 valence electrons. The summed E-state index contributed by atoms with van der Waals surface area (Å²) in [5.74, 6) is -0.458. The van der Waals surface area contributed by atoms with Gasteiger partial charge in [-0.25, -0.2) is 0 Å². The minimum Gasteiger partial charge on any atom is -0.335 e. The van der Waals surface area contributed by atoms with Gasteiger partial charge >= 0.3 is 0 Å². The van der Waals surface area contributed by atoms with E-state index in [1.165, 1.54) is 12.5 Å². The van der Waals surface area contributed by atoms with Gasteiger partial charge in [-0.1, -0.05) is 44.4 Å². The van der Waals surface area contributed by atoms with Crippen LogP contribution in [0.15, 0.2) is 29.2 Å². The minimum atomic E-state index is -4.32. The van der Waals surface area contributed by atoms with Gasteiger partial charge in [0.15, 0.2) is 0 Å². The van der Waals surface area contributed by atoms with Crippen molar-refractivity contribution in [3.8, 4) is 0 Å². The van der Waals surface area contributed by atoms with Gasteiger partial charge < -0.3 is 4.90 Å². The van der Waals surface area contributed by atoms with Gasteiger partial charge in [-0.05, 0) is 30.9 Å². The van der Waals surface area contributed by atoms with E-state index in [9.17, 15) is 17.8 Å². The maximum atomic E-state index is 12.8. The second-order valence-electron chi connectivity index (χ2n) is 6.50. The smallest absolute Gasteiger partial charge is 0.294 e. The van der Waals surface area contributed by atoms with E-state index >= 15 is 0 Å². The van der Waals surface area contributed by atoms with Crippen molar-refractivity contribution >= 4 is 16.0 Å². The van der Waals surface area contributed by atoms with E-state index in [4.69, 9.17) is 0 Å². The van der Waals surface area contributed by atoms with Crippen LogP contribution in [0, 0.1) is 0 Å². The van der Waals surface area contributed by atoms with Crippen LogP contribution in [0.5, 0.6) is 0 Å². The molecule has 5 nitrogen and oxygen atoms in total. The number of nitrogens with zero attached hydrogens (tertiary/aromatic N) is 1. The Morgan fingerprint density at radius 3 is 2.43 bits per heavy atom. The number of carbonyl (C=O) groups is 1. The fourth-order valence-electron chi connectivity index (χ4n) is 4.12. The van der Waals surface area contributed by atoms with Crippen molar-refractivity contribution in [2.24, 2.45) is 0 Å². The number of hydrogen-bond acceptors (Lipinski definition) is 3. The Bertz CT molecular complexity index is 694. The summed E-state index contributed by atoms with van der Waals surface area (Å²) in [7, 11) is -4.32. The van der Waals surface area contributed by atoms with Crippen molar-refractivity contribution in [2.75, 3.05) is 0 Å². The Balaban J connectivity index is 1.92. The Morgan fingerprint density at radius 1 is 1.17 bits per heavy atom. The van der Waals surface area contributed by atoms with Gasteiger partial charge in [-0.15, -0.1) is 0 Å². The summed E-state index contributed by atoms with van der Waals surface area (Å²) in [6.07, 6.45) is 6.38. The molecule has 0 aromatic heterocycles. The van der Waals surface area contributed by atoms with Gasteiger partial charge in [-0.3, -0.25) is 9.35 Å². The molecule has 3 rings (SSSR count). The number of rotatable bonds is 4. The maximum absolute atomic E-state index is 12.8. The lowest BCUT2D eigenvalue weighted by atomic mass is 9.77. The van der Waals surface area contributed by atoms with Gasteiger partial charge in [0.25, 0.3) is 10.1 Å². The van der Waals surface area contributed by atoms with Gasteiger partial charge in [0.2, 0.25) is 5.91 Å². The van der Waals surface area contributed by atoms with Crippen molar-refractivity contribution in [1.29, 1.82) is 0 Å². The number of carbonyl (C=O) groups excluding carboxylic acids is 1. The zero-order valence-electron chi connectivity index (χ0n) is 13.3. The van der Waals surface area contributed by atoms with Crippen LogP contribution in [0.4, 0.5) is 0 Å². The normalized spacial score (nSPS) is 26.2. The molecule has 2 atom stereocenters. The second kappa shape index (κ2) is 6.24. The Labute approximate surface area is 137 Å². The molecule has 6 heteroatoms. The minimum absolute atomic E-state index is 0.000139. The van der Waals surface area contributed by atoms with E-state index in [2.05, 4.69) is 0 Å². The third-order valence-corrected chi connectivity index (χ3v) is 6.11. The Morgan fingerprint density at radius 2 is 1.83 bits per heavy atom. The van der Waals surface area contributed by atoms with E-state index < -0.39 is 16.0 Å². The molecular formula is C17H23NO4S. The number of hydrogen-bond donors (Lipinski definition) is 1. The molecule has 1 aromatic rings. The van der Waals surface area contributed by atoms with E-state index in [1.807, 2.05) is 11.8 Å². The van der Waals surface area contributed by atoms with Crippen LogP contribution in [0.25, 0.3) is 0 Å². The zero-order chi connectivity index (χ0) is 16.6. The molecule has 0 spiro atoms. The summed E-state index contributed by atoms with van der Waals surface area (Å²) < 4.78 is 32.7. The molecule has 0 unspecified atom stereocenters. The summed E-state index contributed by atoms with van der Waals surface area (Å²) in [6, 6.07) is 6.60. The van der Waals surface area contributed by atoms with Crippen molar-refractivity contribution < 1.29 is 17.8 Å². The van der Waals surface area contributed by atoms with E-state index in [0.29, 0.717) is 5.56 Å². The second-order valence-corrected chi connectivity index (χ2v) is 7.89. The average Bonchev–Trinajstić information content (AvgIpc) is 2.53. The van der Waals surface area contributed by atoms with E-state index in [0.717, 1.165) is 32.1 Å². The third kappa shape index (κ3) is 2.90. The highest BCUT2D eigenvalue weighted by molar-refractivity contribution is 7.85. The molecule has 1 aliphatic carbocycles. The van der Waals surface area contributed by atoms with Crippen LogP contribution >= 0.6 is 0 Å². The average molecular weight is 337 g/mol. The Kier molecular flexibility index (Phi) is 4.47. The fourth-order valence-corrected chi connectivity index (χ4v) is 4.87. The molecule has 1 N–H and O–H groups in total. The molecule has 2 fully saturated rings. The standard InChI is InChI=1S/C17H23NO4S/c1-2-14-16(13-10-6-7-11-15(13)23(20,21)22)17(19)18(14)12-8-4-3-5-9-12/h6-7,10-12,14,16H,2-5,8-9H2,1H3,(H,20,21,22)/t14-,16+/m1/s1. The largest absolute Gasteiger partial charge is 0.335 e. The van der Waals surface area contributed by atoms with Crippen molar-refractivity contribution in [3.63, 3.8) is 0 Å². The van der Waals surface area contributed by atoms with Crippen LogP contribution in [0.1, 0.15) is 56.9 Å². The van der Waals surface area contributed by atoms with Gasteiger partial charge in [0.1, 0.15) is 0 Å². The van der Waals surface area contributed by atoms with Crippen LogP contribution in [0.2, 0.25) is 0 Å². The topological polar surface area (TPSA) is 74.7 Å². The quantitative estimate of drug-likeness (QED) is 0.677. The van der Waals surface area contributed by atoms with Gasteiger partial charge in [0, 0.05) is 12.1 Å². The summed E-state index contributed by atoms with van der Waals surface area (Å²) in [6.45, 7) is 2.02. The molecule has 1 aromatic carbocycles. The van der Waals surface area contributed by atoms with Crippen LogP contribution in [-0.4, -0.2) is 35.9 Å². The number of likely N-dealkylation sites (tertiary alicyclic amines) is 1. The fraction of sp³-hybridized carbons (Fsp3) is 0.588.